The summed E-state index contributed by atoms with van der Waals surface area (Å²) >= 11 is 1.55. The summed E-state index contributed by atoms with van der Waals surface area (Å²) in [6, 6.07) is 18.1. The third-order valence-corrected chi connectivity index (χ3v) is 4.18. The number of hydrogen-bond acceptors (Lipinski definition) is 0. The van der Waals surface area contributed by atoms with Crippen molar-refractivity contribution >= 4 is 3.21 Å². The van der Waals surface area contributed by atoms with Crippen molar-refractivity contribution in [2.24, 2.45) is 5.41 Å². The van der Waals surface area contributed by atoms with Gasteiger partial charge in [0.05, 0.1) is 0 Å². The van der Waals surface area contributed by atoms with E-state index in [9.17, 15) is 0 Å². The molecule has 0 fully saturated rings. The van der Waals surface area contributed by atoms with Gasteiger partial charge in [0.25, 0.3) is 0 Å². The van der Waals surface area contributed by atoms with Gasteiger partial charge in [-0.15, -0.1) is 12.0 Å². The topological polar surface area (TPSA) is 0 Å². The van der Waals surface area contributed by atoms with E-state index in [1.807, 2.05) is 6.07 Å². The molecule has 0 spiro atoms. The molecule has 2 aliphatic carbocycles. The van der Waals surface area contributed by atoms with E-state index in [4.69, 9.17) is 0 Å². The first-order valence-electron chi connectivity index (χ1n) is 9.16. The number of benzene rings is 2. The van der Waals surface area contributed by atoms with Crippen LogP contribution >= 0.6 is 0 Å². The van der Waals surface area contributed by atoms with Gasteiger partial charge in [0.2, 0.25) is 0 Å². The standard InChI is InChI=1S/C13H9.C9H13.C3H6.2ClH.Zr/c1-3-7-12-10(5-1)9-11-6-2-4-8-13(11)12;1-9(2,3)8-6-4-5-7-8;1-3-2;;;/h1-5,7-8H,9H2;6-7H,4H2,1-3H3;1-2H3;2*1H;/q2*-1;;;;+2/p-2. The number of rotatable bonds is 0. The first-order chi connectivity index (χ1) is 12.3. The Kier molecular flexibility index (Phi) is 12.4. The van der Waals surface area contributed by atoms with E-state index < -0.39 is 0 Å². The minimum atomic E-state index is 0. The van der Waals surface area contributed by atoms with E-state index in [2.05, 4.69) is 95.3 Å². The fraction of sp³-hybridized carbons (Fsp3) is 0.320. The van der Waals surface area contributed by atoms with Crippen LogP contribution in [-0.2, 0) is 30.7 Å². The fourth-order valence-corrected chi connectivity index (χ4v) is 2.92. The van der Waals surface area contributed by atoms with Crippen molar-refractivity contribution in [2.75, 3.05) is 0 Å². The zero-order valence-corrected chi connectivity index (χ0v) is 21.3. The van der Waals surface area contributed by atoms with Gasteiger partial charge in [0.1, 0.15) is 0 Å². The molecule has 2 aliphatic rings. The molecular formula is C25H28Cl2Zr-2. The normalized spacial score (nSPS) is 12.6. The van der Waals surface area contributed by atoms with Crippen LogP contribution in [0.1, 0.15) is 52.2 Å². The average molecular weight is 491 g/mol. The summed E-state index contributed by atoms with van der Waals surface area (Å²) < 4.78 is 1.51. The molecule has 2 aromatic rings. The maximum Gasteiger partial charge on any atom is -0.0253 e. The Morgan fingerprint density at radius 3 is 2.11 bits per heavy atom. The molecule has 0 nitrogen and oxygen atoms in total. The minimum absolute atomic E-state index is 0. The van der Waals surface area contributed by atoms with Crippen LogP contribution in [0.5, 0.6) is 0 Å². The Morgan fingerprint density at radius 1 is 0.964 bits per heavy atom. The second-order valence-corrected chi connectivity index (χ2v) is 10.3. The van der Waals surface area contributed by atoms with Gasteiger partial charge in [-0.2, -0.15) is 41.5 Å². The second kappa shape index (κ2) is 12.7. The Bertz CT molecular complexity index is 779. The van der Waals surface area contributed by atoms with Crippen molar-refractivity contribution in [1.29, 1.82) is 0 Å². The summed E-state index contributed by atoms with van der Waals surface area (Å²) in [4.78, 5) is 0. The van der Waals surface area contributed by atoms with Gasteiger partial charge < -0.3 is 24.8 Å². The van der Waals surface area contributed by atoms with Crippen molar-refractivity contribution in [3.05, 3.63) is 83.5 Å². The number of hydrogen-bond donors (Lipinski definition) is 0. The van der Waals surface area contributed by atoms with Crippen LogP contribution in [0.15, 0.2) is 60.2 Å². The number of halogens is 2. The van der Waals surface area contributed by atoms with Gasteiger partial charge in [-0.1, -0.05) is 61.6 Å². The molecule has 0 unspecified atom stereocenters. The molecule has 0 atom stereocenters. The van der Waals surface area contributed by atoms with Gasteiger partial charge in [0.15, 0.2) is 0 Å². The first kappa shape index (κ1) is 27.3. The summed E-state index contributed by atoms with van der Waals surface area (Å²) in [5.74, 6) is 0. The summed E-state index contributed by atoms with van der Waals surface area (Å²) in [6.07, 6.45) is 9.55. The van der Waals surface area contributed by atoms with Crippen molar-refractivity contribution in [2.45, 2.75) is 47.5 Å². The van der Waals surface area contributed by atoms with Gasteiger partial charge in [-0.3, -0.25) is 6.08 Å². The largest absolute Gasteiger partial charge is 1.00 e. The van der Waals surface area contributed by atoms with Crippen LogP contribution in [0, 0.1) is 17.6 Å². The monoisotopic (exact) mass is 488 g/mol. The van der Waals surface area contributed by atoms with Crippen LogP contribution < -0.4 is 24.8 Å². The van der Waals surface area contributed by atoms with E-state index in [1.54, 1.807) is 24.2 Å². The van der Waals surface area contributed by atoms with Crippen LogP contribution in [0.25, 0.3) is 11.1 Å². The minimum Gasteiger partial charge on any atom is -1.00 e. The molecule has 0 radical (unpaired) electrons. The molecule has 0 saturated heterocycles. The molecule has 0 bridgehead atoms. The smallest absolute Gasteiger partial charge is 0.0253 e. The maximum absolute atomic E-state index is 3.30. The summed E-state index contributed by atoms with van der Waals surface area (Å²) in [5, 5.41) is 0. The molecule has 4 rings (SSSR count). The summed E-state index contributed by atoms with van der Waals surface area (Å²) in [6.45, 7) is 10.9. The van der Waals surface area contributed by atoms with Crippen LogP contribution in [-0.4, -0.2) is 3.21 Å². The van der Waals surface area contributed by atoms with Crippen molar-refractivity contribution in [1.82, 2.24) is 0 Å². The second-order valence-electron chi connectivity index (χ2n) is 7.86. The van der Waals surface area contributed by atoms with Crippen molar-refractivity contribution < 1.29 is 49.0 Å². The number of fused-ring (bicyclic) bond motifs is 3. The Labute approximate surface area is 198 Å². The van der Waals surface area contributed by atoms with Gasteiger partial charge in [-0.05, 0) is 6.42 Å². The molecular weight excluding hydrogens is 462 g/mol. The zero-order valence-electron chi connectivity index (χ0n) is 17.4. The predicted octanol–water partition coefficient (Wildman–Crippen LogP) is 0.533. The van der Waals surface area contributed by atoms with Crippen molar-refractivity contribution in [3.8, 4) is 11.1 Å². The quantitative estimate of drug-likeness (QED) is 0.404. The van der Waals surface area contributed by atoms with Gasteiger partial charge >= 0.3 is 41.3 Å². The molecule has 2 aromatic carbocycles. The van der Waals surface area contributed by atoms with Crippen molar-refractivity contribution in [3.63, 3.8) is 0 Å². The van der Waals surface area contributed by atoms with Crippen LogP contribution in [0.2, 0.25) is 0 Å². The first-order valence-corrected chi connectivity index (χ1v) is 10.4. The molecule has 0 aromatic heterocycles. The Hall–Kier alpha value is -0.747. The van der Waals surface area contributed by atoms with Gasteiger partial charge in [0, 0.05) is 0 Å². The molecule has 0 saturated carbocycles. The molecule has 148 valence electrons. The predicted molar refractivity (Wildman–Crippen MR) is 110 cm³/mol. The number of allylic oxidation sites excluding steroid dienone is 4. The molecule has 28 heavy (non-hydrogen) atoms. The van der Waals surface area contributed by atoms with E-state index in [1.165, 1.54) is 31.0 Å². The fourth-order valence-electron chi connectivity index (χ4n) is 2.92. The average Bonchev–Trinajstić information content (AvgIpc) is 3.22. The molecule has 3 heteroatoms. The Balaban J connectivity index is 0.000000432. The van der Waals surface area contributed by atoms with E-state index in [-0.39, 0.29) is 24.8 Å². The third-order valence-electron chi connectivity index (χ3n) is 4.18. The third kappa shape index (κ3) is 8.32. The van der Waals surface area contributed by atoms with Crippen LogP contribution in [0.3, 0.4) is 0 Å². The van der Waals surface area contributed by atoms with Crippen LogP contribution in [0.4, 0.5) is 0 Å². The van der Waals surface area contributed by atoms with E-state index in [0.717, 1.165) is 12.8 Å². The SMILES string of the molecule is CC(C)(C)C1=CC[C-]=C1.C[C](C)=[Zr+2].[Cl-].[Cl-].[c-]1cccc2c1Cc1ccccc1-2. The summed E-state index contributed by atoms with van der Waals surface area (Å²) in [5.41, 5.74) is 7.25. The van der Waals surface area contributed by atoms with E-state index in [0.29, 0.717) is 5.41 Å². The van der Waals surface area contributed by atoms with Gasteiger partial charge in [-0.25, -0.2) is 6.08 Å². The molecule has 0 heterocycles. The molecule has 0 aliphatic heterocycles. The zero-order chi connectivity index (χ0) is 19.2. The molecule has 0 N–H and O–H groups in total. The summed E-state index contributed by atoms with van der Waals surface area (Å²) in [7, 11) is 0. The molecule has 0 amide bonds. The maximum atomic E-state index is 3.30. The Morgan fingerprint density at radius 2 is 1.57 bits per heavy atom. The van der Waals surface area contributed by atoms with E-state index >= 15 is 0 Å².